The van der Waals surface area contributed by atoms with Crippen molar-refractivity contribution >= 4 is 0 Å². The summed E-state index contributed by atoms with van der Waals surface area (Å²) in [5, 5.41) is 0. The fraction of sp³-hybridized carbons (Fsp3) is 0.474. The molecule has 5 heteroatoms. The Morgan fingerprint density at radius 3 is 3.08 bits per heavy atom. The van der Waals surface area contributed by atoms with E-state index in [1.165, 1.54) is 0 Å². The van der Waals surface area contributed by atoms with Crippen LogP contribution in [-0.2, 0) is 22.6 Å². The second-order valence-electron chi connectivity index (χ2n) is 6.92. The molecule has 5 nitrogen and oxygen atoms in total. The average molecular weight is 325 g/mol. The summed E-state index contributed by atoms with van der Waals surface area (Å²) in [6, 6.07) is 10.1. The number of fused-ring (bicyclic) bond motifs is 1. The second kappa shape index (κ2) is 6.97. The largest absolute Gasteiger partial charge is 0.380 e. The van der Waals surface area contributed by atoms with Crippen LogP contribution in [0.1, 0.15) is 11.3 Å². The van der Waals surface area contributed by atoms with Gasteiger partial charge in [-0.2, -0.15) is 0 Å². The third-order valence-corrected chi connectivity index (χ3v) is 5.08. The number of pyridine rings is 2. The van der Waals surface area contributed by atoms with E-state index in [9.17, 15) is 0 Å². The lowest BCUT2D eigenvalue weighted by Crippen LogP contribution is -2.35. The van der Waals surface area contributed by atoms with Crippen molar-refractivity contribution < 1.29 is 9.47 Å². The predicted molar refractivity (Wildman–Crippen MR) is 90.1 cm³/mol. The lowest BCUT2D eigenvalue weighted by Gasteiger charge is -2.27. The summed E-state index contributed by atoms with van der Waals surface area (Å²) in [6.45, 7) is 5.97. The van der Waals surface area contributed by atoms with Crippen molar-refractivity contribution in [3.8, 4) is 0 Å². The van der Waals surface area contributed by atoms with Crippen LogP contribution < -0.4 is 0 Å². The number of aromatic nitrogens is 2. The Kier molecular flexibility index (Phi) is 4.56. The zero-order valence-electron chi connectivity index (χ0n) is 13.8. The van der Waals surface area contributed by atoms with Crippen molar-refractivity contribution in [2.45, 2.75) is 13.2 Å². The van der Waals surface area contributed by atoms with Crippen LogP contribution in [0.3, 0.4) is 0 Å². The first-order valence-corrected chi connectivity index (χ1v) is 8.51. The molecule has 0 amide bonds. The van der Waals surface area contributed by atoms with Crippen LogP contribution in [0.25, 0.3) is 0 Å². The van der Waals surface area contributed by atoms with Gasteiger partial charge < -0.3 is 9.47 Å². The minimum atomic E-state index is 0.122. The predicted octanol–water partition coefficient (Wildman–Crippen LogP) is 2.14. The molecule has 2 fully saturated rings. The third kappa shape index (κ3) is 3.34. The van der Waals surface area contributed by atoms with E-state index < -0.39 is 0 Å². The van der Waals surface area contributed by atoms with Crippen molar-refractivity contribution in [2.24, 2.45) is 11.3 Å². The van der Waals surface area contributed by atoms with E-state index in [2.05, 4.69) is 33.1 Å². The zero-order chi connectivity index (χ0) is 16.2. The number of hydrogen-bond donors (Lipinski definition) is 0. The summed E-state index contributed by atoms with van der Waals surface area (Å²) < 4.78 is 11.8. The van der Waals surface area contributed by atoms with Gasteiger partial charge in [-0.15, -0.1) is 0 Å². The Morgan fingerprint density at radius 1 is 1.25 bits per heavy atom. The van der Waals surface area contributed by atoms with Gasteiger partial charge in [0.1, 0.15) is 0 Å². The number of rotatable bonds is 6. The highest BCUT2D eigenvalue weighted by Crippen LogP contribution is 2.42. The van der Waals surface area contributed by atoms with Gasteiger partial charge in [-0.05, 0) is 23.8 Å². The van der Waals surface area contributed by atoms with Crippen molar-refractivity contribution in [3.05, 3.63) is 60.2 Å². The molecule has 0 unspecified atom stereocenters. The molecule has 0 aliphatic carbocycles. The Labute approximate surface area is 142 Å². The molecule has 2 aromatic rings. The SMILES string of the molecule is c1ccc(CN2C[C@@H]3COC[C@]3(COCc3cccnc3)C2)nc1. The van der Waals surface area contributed by atoms with Crippen molar-refractivity contribution in [3.63, 3.8) is 0 Å². The van der Waals surface area contributed by atoms with E-state index in [1.54, 1.807) is 6.20 Å². The maximum atomic E-state index is 6.04. The Hall–Kier alpha value is -1.82. The molecule has 4 rings (SSSR count). The molecule has 0 radical (unpaired) electrons. The van der Waals surface area contributed by atoms with Gasteiger partial charge in [0.25, 0.3) is 0 Å². The molecule has 0 saturated carbocycles. The lowest BCUT2D eigenvalue weighted by molar-refractivity contribution is 0.0181. The normalized spacial score (nSPS) is 26.6. The Bertz CT molecular complexity index is 652. The number of hydrogen-bond acceptors (Lipinski definition) is 5. The fourth-order valence-electron chi connectivity index (χ4n) is 3.84. The fourth-order valence-corrected chi connectivity index (χ4v) is 3.84. The van der Waals surface area contributed by atoms with Crippen molar-refractivity contribution in [2.75, 3.05) is 32.9 Å². The topological polar surface area (TPSA) is 47.5 Å². The first-order valence-electron chi connectivity index (χ1n) is 8.51. The molecule has 2 aromatic heterocycles. The van der Waals surface area contributed by atoms with Crippen LogP contribution in [0.5, 0.6) is 0 Å². The standard InChI is InChI=1S/C19H23N3O2/c1-2-7-21-18(5-1)10-22-9-17-12-24-15-19(17,13-22)14-23-11-16-4-3-6-20-8-16/h1-8,17H,9-15H2/t17-,19-/m1/s1. The van der Waals surface area contributed by atoms with Gasteiger partial charge in [-0.3, -0.25) is 14.9 Å². The molecule has 126 valence electrons. The van der Waals surface area contributed by atoms with Crippen LogP contribution in [0.4, 0.5) is 0 Å². The van der Waals surface area contributed by atoms with Crippen LogP contribution >= 0.6 is 0 Å². The molecule has 24 heavy (non-hydrogen) atoms. The number of nitrogens with zero attached hydrogens (tertiary/aromatic N) is 3. The minimum absolute atomic E-state index is 0.122. The highest BCUT2D eigenvalue weighted by molar-refractivity contribution is 5.08. The maximum Gasteiger partial charge on any atom is 0.0732 e. The van der Waals surface area contributed by atoms with E-state index >= 15 is 0 Å². The van der Waals surface area contributed by atoms with Gasteiger partial charge >= 0.3 is 0 Å². The first-order chi connectivity index (χ1) is 11.8. The van der Waals surface area contributed by atoms with Crippen LogP contribution in [0.15, 0.2) is 48.9 Å². The second-order valence-corrected chi connectivity index (χ2v) is 6.92. The van der Waals surface area contributed by atoms with Crippen LogP contribution in [0.2, 0.25) is 0 Å². The summed E-state index contributed by atoms with van der Waals surface area (Å²) in [5.74, 6) is 0.551. The molecule has 0 bridgehead atoms. The Morgan fingerprint density at radius 2 is 2.25 bits per heavy atom. The molecular weight excluding hydrogens is 302 g/mol. The minimum Gasteiger partial charge on any atom is -0.380 e. The summed E-state index contributed by atoms with van der Waals surface area (Å²) in [4.78, 5) is 11.1. The summed E-state index contributed by atoms with van der Waals surface area (Å²) in [5.41, 5.74) is 2.37. The molecule has 2 atom stereocenters. The van der Waals surface area contributed by atoms with Crippen LogP contribution in [-0.4, -0.2) is 47.8 Å². The van der Waals surface area contributed by atoms with Gasteiger partial charge in [0.15, 0.2) is 0 Å². The van der Waals surface area contributed by atoms with Crippen molar-refractivity contribution in [1.29, 1.82) is 0 Å². The molecule has 2 saturated heterocycles. The molecule has 0 aromatic carbocycles. The molecular formula is C19H23N3O2. The molecule has 2 aliphatic rings. The first kappa shape index (κ1) is 15.7. The molecule has 0 spiro atoms. The van der Waals surface area contributed by atoms with Gasteiger partial charge in [-0.1, -0.05) is 12.1 Å². The maximum absolute atomic E-state index is 6.04. The van der Waals surface area contributed by atoms with E-state index in [1.807, 2.05) is 24.5 Å². The summed E-state index contributed by atoms with van der Waals surface area (Å²) >= 11 is 0. The third-order valence-electron chi connectivity index (χ3n) is 5.08. The van der Waals surface area contributed by atoms with Gasteiger partial charge in [0, 0.05) is 49.6 Å². The highest BCUT2D eigenvalue weighted by atomic mass is 16.5. The quantitative estimate of drug-likeness (QED) is 0.814. The van der Waals surface area contributed by atoms with E-state index in [-0.39, 0.29) is 5.41 Å². The van der Waals surface area contributed by atoms with Gasteiger partial charge in [0.2, 0.25) is 0 Å². The van der Waals surface area contributed by atoms with E-state index in [0.717, 1.165) is 50.7 Å². The summed E-state index contributed by atoms with van der Waals surface area (Å²) in [6.07, 6.45) is 5.51. The van der Waals surface area contributed by atoms with E-state index in [4.69, 9.17) is 9.47 Å². The van der Waals surface area contributed by atoms with Crippen molar-refractivity contribution in [1.82, 2.24) is 14.9 Å². The number of likely N-dealkylation sites (tertiary alicyclic amines) is 1. The smallest absolute Gasteiger partial charge is 0.0732 e. The van der Waals surface area contributed by atoms with Gasteiger partial charge in [-0.25, -0.2) is 0 Å². The highest BCUT2D eigenvalue weighted by Gasteiger charge is 2.50. The van der Waals surface area contributed by atoms with E-state index in [0.29, 0.717) is 12.5 Å². The monoisotopic (exact) mass is 325 g/mol. The zero-order valence-corrected chi connectivity index (χ0v) is 13.8. The average Bonchev–Trinajstić information content (AvgIpc) is 3.13. The van der Waals surface area contributed by atoms with Gasteiger partial charge in [0.05, 0.1) is 32.1 Å². The number of ether oxygens (including phenoxy) is 2. The lowest BCUT2D eigenvalue weighted by atomic mass is 9.82. The molecule has 0 N–H and O–H groups in total. The molecule has 2 aliphatic heterocycles. The van der Waals surface area contributed by atoms with Crippen LogP contribution in [0, 0.1) is 11.3 Å². The summed E-state index contributed by atoms with van der Waals surface area (Å²) in [7, 11) is 0. The molecule has 4 heterocycles. The Balaban J connectivity index is 1.36.